The molecule has 0 saturated carbocycles. The number of rotatable bonds is 3. The molecule has 2 heterocycles. The van der Waals surface area contributed by atoms with Crippen molar-refractivity contribution in [3.63, 3.8) is 0 Å². The van der Waals surface area contributed by atoms with Gasteiger partial charge in [-0.2, -0.15) is 0 Å². The molecule has 2 aromatic carbocycles. The summed E-state index contributed by atoms with van der Waals surface area (Å²) in [7, 11) is 2.11. The van der Waals surface area contributed by atoms with Crippen LogP contribution in [0.2, 0.25) is 0 Å². The Kier molecular flexibility index (Phi) is 4.45. The smallest absolute Gasteiger partial charge is 0.319 e. The minimum Gasteiger partial charge on any atom is -0.493 e. The van der Waals surface area contributed by atoms with E-state index in [2.05, 4.69) is 40.8 Å². The van der Waals surface area contributed by atoms with Crippen molar-refractivity contribution in [2.24, 2.45) is 0 Å². The lowest BCUT2D eigenvalue weighted by Crippen LogP contribution is -2.31. The van der Waals surface area contributed by atoms with Gasteiger partial charge in [-0.1, -0.05) is 6.07 Å². The Morgan fingerprint density at radius 3 is 2.92 bits per heavy atom. The van der Waals surface area contributed by atoms with Crippen molar-refractivity contribution in [2.45, 2.75) is 32.2 Å². The number of carbonyl (C=O) groups excluding carboxylic acids is 1. The number of anilines is 2. The van der Waals surface area contributed by atoms with Crippen LogP contribution in [0.4, 0.5) is 16.2 Å². The van der Waals surface area contributed by atoms with Crippen LogP contribution in [-0.2, 0) is 12.8 Å². The van der Waals surface area contributed by atoms with Crippen LogP contribution in [0.3, 0.4) is 0 Å². The maximum atomic E-state index is 12.4. The summed E-state index contributed by atoms with van der Waals surface area (Å²) in [5.41, 5.74) is 5.71. The number of amides is 2. The van der Waals surface area contributed by atoms with Crippen LogP contribution in [0.5, 0.6) is 5.75 Å². The molecule has 0 aliphatic carbocycles. The van der Waals surface area contributed by atoms with Gasteiger partial charge < -0.3 is 20.3 Å². The Morgan fingerprint density at radius 1 is 1.15 bits per heavy atom. The Bertz CT molecular complexity index is 834. The highest BCUT2D eigenvalue weighted by molar-refractivity contribution is 5.90. The maximum absolute atomic E-state index is 12.4. The third-order valence-corrected chi connectivity index (χ3v) is 5.25. The number of carbonyl (C=O) groups is 1. The molecule has 2 aromatic rings. The summed E-state index contributed by atoms with van der Waals surface area (Å²) >= 11 is 0. The molecule has 5 nitrogen and oxygen atoms in total. The molecule has 2 aliphatic heterocycles. The zero-order valence-corrected chi connectivity index (χ0v) is 15.3. The van der Waals surface area contributed by atoms with E-state index in [0.717, 1.165) is 49.4 Å². The second kappa shape index (κ2) is 6.90. The van der Waals surface area contributed by atoms with Gasteiger partial charge in [0.05, 0.1) is 12.6 Å². The predicted molar refractivity (Wildman–Crippen MR) is 104 cm³/mol. The molecule has 1 atom stereocenters. The highest BCUT2D eigenvalue weighted by Crippen LogP contribution is 2.29. The van der Waals surface area contributed by atoms with Gasteiger partial charge in [-0.05, 0) is 66.8 Å². The van der Waals surface area contributed by atoms with E-state index in [9.17, 15) is 4.79 Å². The van der Waals surface area contributed by atoms with Crippen molar-refractivity contribution < 1.29 is 9.53 Å². The number of ether oxygens (including phenoxy) is 1. The first kappa shape index (κ1) is 16.8. The molecule has 1 unspecified atom stereocenters. The van der Waals surface area contributed by atoms with Crippen LogP contribution in [-0.4, -0.2) is 26.2 Å². The van der Waals surface area contributed by atoms with E-state index in [4.69, 9.17) is 4.74 Å². The normalized spacial score (nSPS) is 16.3. The van der Waals surface area contributed by atoms with Crippen molar-refractivity contribution >= 4 is 17.4 Å². The first-order valence-corrected chi connectivity index (χ1v) is 9.27. The van der Waals surface area contributed by atoms with Gasteiger partial charge in [-0.3, -0.25) is 0 Å². The Labute approximate surface area is 154 Å². The van der Waals surface area contributed by atoms with Crippen LogP contribution < -0.4 is 20.3 Å². The van der Waals surface area contributed by atoms with E-state index in [1.54, 1.807) is 0 Å². The van der Waals surface area contributed by atoms with Gasteiger partial charge in [-0.15, -0.1) is 0 Å². The zero-order valence-electron chi connectivity index (χ0n) is 15.3. The molecule has 0 bridgehead atoms. The molecule has 5 heteroatoms. The van der Waals surface area contributed by atoms with Gasteiger partial charge in [0.2, 0.25) is 0 Å². The molecule has 136 valence electrons. The summed E-state index contributed by atoms with van der Waals surface area (Å²) in [4.78, 5) is 14.7. The van der Waals surface area contributed by atoms with Gasteiger partial charge >= 0.3 is 6.03 Å². The van der Waals surface area contributed by atoms with Crippen LogP contribution in [0.1, 0.15) is 36.1 Å². The number of hydrogen-bond acceptors (Lipinski definition) is 3. The number of nitrogens with one attached hydrogen (secondary N) is 2. The SMILES string of the molecule is CC(NC(=O)Nc1ccc2c(c1)CCCN2C)c1ccc2c(c1)CCO2. The van der Waals surface area contributed by atoms with Crippen molar-refractivity contribution in [1.82, 2.24) is 5.32 Å². The largest absolute Gasteiger partial charge is 0.493 e. The van der Waals surface area contributed by atoms with Crippen LogP contribution in [0.25, 0.3) is 0 Å². The van der Waals surface area contributed by atoms with Crippen molar-refractivity contribution in [2.75, 3.05) is 30.4 Å². The standard InChI is InChI=1S/C21H25N3O2/c1-14(15-5-8-20-17(12-15)9-11-26-20)22-21(25)23-18-6-7-19-16(13-18)4-3-10-24(19)2/h5-8,12-14H,3-4,9-11H2,1-2H3,(H2,22,23,25). The fourth-order valence-corrected chi connectivity index (χ4v) is 3.79. The fraction of sp³-hybridized carbons (Fsp3) is 0.381. The van der Waals surface area contributed by atoms with E-state index < -0.39 is 0 Å². The second-order valence-electron chi connectivity index (χ2n) is 7.15. The number of urea groups is 1. The Morgan fingerprint density at radius 2 is 2.04 bits per heavy atom. The van der Waals surface area contributed by atoms with E-state index in [1.807, 2.05) is 25.1 Å². The Hall–Kier alpha value is -2.69. The van der Waals surface area contributed by atoms with Crippen molar-refractivity contribution in [1.29, 1.82) is 0 Å². The van der Waals surface area contributed by atoms with E-state index in [1.165, 1.54) is 16.8 Å². The lowest BCUT2D eigenvalue weighted by Gasteiger charge is -2.27. The van der Waals surface area contributed by atoms with Crippen molar-refractivity contribution in [3.05, 3.63) is 53.1 Å². The summed E-state index contributed by atoms with van der Waals surface area (Å²) < 4.78 is 5.54. The average molecular weight is 351 g/mol. The quantitative estimate of drug-likeness (QED) is 0.882. The molecule has 2 aliphatic rings. The third-order valence-electron chi connectivity index (χ3n) is 5.25. The molecule has 0 aromatic heterocycles. The summed E-state index contributed by atoms with van der Waals surface area (Å²) in [5, 5.41) is 5.99. The molecule has 0 spiro atoms. The first-order chi connectivity index (χ1) is 12.6. The molecule has 0 radical (unpaired) electrons. The van der Waals surface area contributed by atoms with E-state index >= 15 is 0 Å². The summed E-state index contributed by atoms with van der Waals surface area (Å²) in [6.45, 7) is 3.83. The molecular formula is C21H25N3O2. The lowest BCUT2D eigenvalue weighted by molar-refractivity contribution is 0.249. The summed E-state index contributed by atoms with van der Waals surface area (Å²) in [5.74, 6) is 0.962. The highest BCUT2D eigenvalue weighted by atomic mass is 16.5. The number of aryl methyl sites for hydroxylation is 1. The lowest BCUT2D eigenvalue weighted by atomic mass is 10.0. The molecule has 4 rings (SSSR count). The van der Waals surface area contributed by atoms with Gasteiger partial charge in [0.25, 0.3) is 0 Å². The molecule has 0 saturated heterocycles. The highest BCUT2D eigenvalue weighted by Gasteiger charge is 2.17. The van der Waals surface area contributed by atoms with Gasteiger partial charge in [0.1, 0.15) is 5.75 Å². The Balaban J connectivity index is 1.41. The predicted octanol–water partition coefficient (Wildman–Crippen LogP) is 3.89. The van der Waals surface area contributed by atoms with Crippen LogP contribution in [0, 0.1) is 0 Å². The first-order valence-electron chi connectivity index (χ1n) is 9.27. The summed E-state index contributed by atoms with van der Waals surface area (Å²) in [6.07, 6.45) is 3.15. The number of nitrogens with zero attached hydrogens (tertiary/aromatic N) is 1. The second-order valence-corrected chi connectivity index (χ2v) is 7.15. The van der Waals surface area contributed by atoms with Gasteiger partial charge in [-0.25, -0.2) is 4.79 Å². The van der Waals surface area contributed by atoms with E-state index in [0.29, 0.717) is 0 Å². The molecule has 2 amide bonds. The molecule has 0 fully saturated rings. The maximum Gasteiger partial charge on any atom is 0.319 e. The number of benzene rings is 2. The molecular weight excluding hydrogens is 326 g/mol. The third kappa shape index (κ3) is 3.34. The van der Waals surface area contributed by atoms with Crippen LogP contribution in [0.15, 0.2) is 36.4 Å². The molecule has 26 heavy (non-hydrogen) atoms. The average Bonchev–Trinajstić information content (AvgIpc) is 3.09. The van der Waals surface area contributed by atoms with Gasteiger partial charge in [0.15, 0.2) is 0 Å². The van der Waals surface area contributed by atoms with Crippen molar-refractivity contribution in [3.8, 4) is 5.75 Å². The molecule has 2 N–H and O–H groups in total. The number of fused-ring (bicyclic) bond motifs is 2. The monoisotopic (exact) mass is 351 g/mol. The van der Waals surface area contributed by atoms with E-state index in [-0.39, 0.29) is 12.1 Å². The number of hydrogen-bond donors (Lipinski definition) is 2. The fourth-order valence-electron chi connectivity index (χ4n) is 3.79. The topological polar surface area (TPSA) is 53.6 Å². The summed E-state index contributed by atoms with van der Waals surface area (Å²) in [6, 6.07) is 12.0. The van der Waals surface area contributed by atoms with Gasteiger partial charge in [0, 0.05) is 31.4 Å². The van der Waals surface area contributed by atoms with Crippen LogP contribution >= 0.6 is 0 Å². The minimum absolute atomic E-state index is 0.0651. The zero-order chi connectivity index (χ0) is 18.1. The minimum atomic E-state index is -0.182.